The molecule has 0 saturated heterocycles. The lowest BCUT2D eigenvalue weighted by atomic mass is 10.6. The Balaban J connectivity index is 2.59. The zero-order chi connectivity index (χ0) is 11.3. The molecule has 0 aliphatic rings. The summed E-state index contributed by atoms with van der Waals surface area (Å²) in [5.74, 6) is 1.12. The second kappa shape index (κ2) is 5.87. The summed E-state index contributed by atoms with van der Waals surface area (Å²) in [6.45, 7) is 1.46. The number of hydrogen-bond acceptors (Lipinski definition) is 5. The summed E-state index contributed by atoms with van der Waals surface area (Å²) >= 11 is 3.34. The van der Waals surface area contributed by atoms with Crippen LogP contribution in [0.4, 0.5) is 5.95 Å². The summed E-state index contributed by atoms with van der Waals surface area (Å²) in [7, 11) is 5.77. The van der Waals surface area contributed by atoms with Gasteiger partial charge in [-0.2, -0.15) is 4.98 Å². The first-order valence-electron chi connectivity index (χ1n) is 4.61. The molecule has 0 amide bonds. The number of hydrogen-bond donors (Lipinski definition) is 1. The molecule has 0 unspecified atom stereocenters. The first-order valence-corrected chi connectivity index (χ1v) is 5.40. The van der Waals surface area contributed by atoms with Gasteiger partial charge in [-0.3, -0.25) is 0 Å². The molecule has 0 aliphatic heterocycles. The van der Waals surface area contributed by atoms with E-state index in [1.165, 1.54) is 0 Å². The largest absolute Gasteiger partial charge is 0.475 e. The summed E-state index contributed by atoms with van der Waals surface area (Å²) in [5.41, 5.74) is 0. The molecule has 0 fully saturated rings. The lowest BCUT2D eigenvalue weighted by Crippen LogP contribution is -2.20. The number of anilines is 1. The molecule has 0 aromatic carbocycles. The molecule has 0 spiro atoms. The third kappa shape index (κ3) is 4.01. The molecule has 6 heteroatoms. The van der Waals surface area contributed by atoms with Gasteiger partial charge < -0.3 is 15.0 Å². The van der Waals surface area contributed by atoms with E-state index in [4.69, 9.17) is 4.74 Å². The first-order chi connectivity index (χ1) is 7.13. The van der Waals surface area contributed by atoms with Crippen LogP contribution in [0.1, 0.15) is 0 Å². The predicted molar refractivity (Wildman–Crippen MR) is 63.3 cm³/mol. The van der Waals surface area contributed by atoms with Crippen molar-refractivity contribution in [2.45, 2.75) is 0 Å². The highest BCUT2D eigenvalue weighted by Gasteiger charge is 2.05. The van der Waals surface area contributed by atoms with E-state index in [2.05, 4.69) is 31.2 Å². The van der Waals surface area contributed by atoms with Gasteiger partial charge in [0.25, 0.3) is 0 Å². The Labute approximate surface area is 98.0 Å². The minimum absolute atomic E-state index is 0.554. The average molecular weight is 275 g/mol. The standard InChI is InChI=1S/C9H15BrN4O/c1-11-9-12-6-7(10)8(13-9)15-5-4-14(2)3/h6H,4-5H2,1-3H3,(H,11,12,13). The number of ether oxygens (including phenoxy) is 1. The van der Waals surface area contributed by atoms with Crippen molar-refractivity contribution in [2.75, 3.05) is 39.6 Å². The first kappa shape index (κ1) is 12.2. The van der Waals surface area contributed by atoms with Crippen molar-refractivity contribution >= 4 is 21.9 Å². The fourth-order valence-electron chi connectivity index (χ4n) is 0.898. The van der Waals surface area contributed by atoms with Gasteiger partial charge in [-0.05, 0) is 30.0 Å². The van der Waals surface area contributed by atoms with Crippen molar-refractivity contribution in [3.05, 3.63) is 10.7 Å². The maximum atomic E-state index is 5.51. The molecular formula is C9H15BrN4O. The van der Waals surface area contributed by atoms with Crippen molar-refractivity contribution < 1.29 is 4.74 Å². The van der Waals surface area contributed by atoms with Crippen LogP contribution < -0.4 is 10.1 Å². The summed E-state index contributed by atoms with van der Waals surface area (Å²) in [6, 6.07) is 0. The Hall–Kier alpha value is -0.880. The highest BCUT2D eigenvalue weighted by Crippen LogP contribution is 2.22. The lowest BCUT2D eigenvalue weighted by Gasteiger charge is -2.11. The number of rotatable bonds is 5. The SMILES string of the molecule is CNc1ncc(Br)c(OCCN(C)C)n1. The monoisotopic (exact) mass is 274 g/mol. The van der Waals surface area contributed by atoms with E-state index in [0.29, 0.717) is 18.4 Å². The molecule has 0 bridgehead atoms. The predicted octanol–water partition coefficient (Wildman–Crippen LogP) is 1.22. The number of halogens is 1. The Kier molecular flexibility index (Phi) is 4.77. The van der Waals surface area contributed by atoms with Crippen LogP contribution in [0.5, 0.6) is 5.88 Å². The van der Waals surface area contributed by atoms with Gasteiger partial charge in [0.2, 0.25) is 11.8 Å². The van der Waals surface area contributed by atoms with Gasteiger partial charge in [-0.1, -0.05) is 0 Å². The Morgan fingerprint density at radius 2 is 2.27 bits per heavy atom. The maximum absolute atomic E-state index is 5.51. The molecule has 0 atom stereocenters. The van der Waals surface area contributed by atoms with Crippen molar-refractivity contribution in [1.29, 1.82) is 0 Å². The van der Waals surface area contributed by atoms with E-state index >= 15 is 0 Å². The van der Waals surface area contributed by atoms with Crippen LogP contribution in [-0.4, -0.2) is 49.2 Å². The van der Waals surface area contributed by atoms with E-state index in [9.17, 15) is 0 Å². The topological polar surface area (TPSA) is 50.3 Å². The van der Waals surface area contributed by atoms with E-state index in [-0.39, 0.29) is 0 Å². The van der Waals surface area contributed by atoms with Gasteiger partial charge in [-0.25, -0.2) is 4.98 Å². The molecule has 1 rings (SSSR count). The average Bonchev–Trinajstić information content (AvgIpc) is 2.20. The van der Waals surface area contributed by atoms with Gasteiger partial charge in [0.1, 0.15) is 6.61 Å². The molecule has 0 saturated carbocycles. The second-order valence-electron chi connectivity index (χ2n) is 3.25. The summed E-state index contributed by atoms with van der Waals surface area (Å²) in [4.78, 5) is 10.3. The van der Waals surface area contributed by atoms with Gasteiger partial charge in [-0.15, -0.1) is 0 Å². The Morgan fingerprint density at radius 1 is 1.53 bits per heavy atom. The van der Waals surface area contributed by atoms with Gasteiger partial charge in [0, 0.05) is 13.6 Å². The minimum atomic E-state index is 0.554. The summed E-state index contributed by atoms with van der Waals surface area (Å²) in [6.07, 6.45) is 1.67. The number of aromatic nitrogens is 2. The smallest absolute Gasteiger partial charge is 0.232 e. The van der Waals surface area contributed by atoms with Gasteiger partial charge in [0.15, 0.2) is 0 Å². The fourth-order valence-corrected chi connectivity index (χ4v) is 1.20. The summed E-state index contributed by atoms with van der Waals surface area (Å²) in [5, 5.41) is 2.86. The number of nitrogens with zero attached hydrogens (tertiary/aromatic N) is 3. The third-order valence-electron chi connectivity index (χ3n) is 1.71. The van der Waals surface area contributed by atoms with E-state index < -0.39 is 0 Å². The van der Waals surface area contributed by atoms with Gasteiger partial charge in [0.05, 0.1) is 10.7 Å². The van der Waals surface area contributed by atoms with Crippen molar-refractivity contribution in [1.82, 2.24) is 14.9 Å². The van der Waals surface area contributed by atoms with Crippen LogP contribution in [-0.2, 0) is 0 Å². The van der Waals surface area contributed by atoms with Crippen molar-refractivity contribution in [3.8, 4) is 5.88 Å². The third-order valence-corrected chi connectivity index (χ3v) is 2.26. The Bertz CT molecular complexity index is 319. The molecule has 0 radical (unpaired) electrons. The van der Waals surface area contributed by atoms with Gasteiger partial charge >= 0.3 is 0 Å². The number of likely N-dealkylation sites (N-methyl/N-ethyl adjacent to an activating group) is 1. The normalized spacial score (nSPS) is 10.5. The molecule has 0 aliphatic carbocycles. The fraction of sp³-hybridized carbons (Fsp3) is 0.556. The van der Waals surface area contributed by atoms with Crippen LogP contribution in [0, 0.1) is 0 Å². The minimum Gasteiger partial charge on any atom is -0.475 e. The highest BCUT2D eigenvalue weighted by atomic mass is 79.9. The molecule has 1 heterocycles. The van der Waals surface area contributed by atoms with E-state index in [1.807, 2.05) is 19.0 Å². The molecule has 15 heavy (non-hydrogen) atoms. The maximum Gasteiger partial charge on any atom is 0.232 e. The molecular weight excluding hydrogens is 260 g/mol. The van der Waals surface area contributed by atoms with Crippen LogP contribution >= 0.6 is 15.9 Å². The van der Waals surface area contributed by atoms with Crippen LogP contribution in [0.15, 0.2) is 10.7 Å². The van der Waals surface area contributed by atoms with E-state index in [1.54, 1.807) is 13.2 Å². The van der Waals surface area contributed by atoms with Crippen LogP contribution in [0.25, 0.3) is 0 Å². The highest BCUT2D eigenvalue weighted by molar-refractivity contribution is 9.10. The Morgan fingerprint density at radius 3 is 2.87 bits per heavy atom. The zero-order valence-electron chi connectivity index (χ0n) is 9.12. The molecule has 1 aromatic rings. The molecule has 1 N–H and O–H groups in total. The molecule has 5 nitrogen and oxygen atoms in total. The lowest BCUT2D eigenvalue weighted by molar-refractivity contribution is 0.252. The number of nitrogens with one attached hydrogen (secondary N) is 1. The van der Waals surface area contributed by atoms with E-state index in [0.717, 1.165) is 11.0 Å². The summed E-state index contributed by atoms with van der Waals surface area (Å²) < 4.78 is 6.27. The molecule has 1 aromatic heterocycles. The molecule has 84 valence electrons. The van der Waals surface area contributed by atoms with Crippen molar-refractivity contribution in [2.24, 2.45) is 0 Å². The van der Waals surface area contributed by atoms with Crippen molar-refractivity contribution in [3.63, 3.8) is 0 Å². The zero-order valence-corrected chi connectivity index (χ0v) is 10.7. The quantitative estimate of drug-likeness (QED) is 0.875. The van der Waals surface area contributed by atoms with Crippen LogP contribution in [0.2, 0.25) is 0 Å². The second-order valence-corrected chi connectivity index (χ2v) is 4.10. The van der Waals surface area contributed by atoms with Crippen LogP contribution in [0.3, 0.4) is 0 Å².